The van der Waals surface area contributed by atoms with E-state index in [-0.39, 0.29) is 0 Å². The van der Waals surface area contributed by atoms with Gasteiger partial charge in [-0.3, -0.25) is 9.13 Å². The lowest BCUT2D eigenvalue weighted by molar-refractivity contribution is 0.645. The second kappa shape index (κ2) is 13.3. The minimum absolute atomic E-state index is 0.845. The van der Waals surface area contributed by atoms with Gasteiger partial charge in [-0.2, -0.15) is 0 Å². The summed E-state index contributed by atoms with van der Waals surface area (Å²) in [5.74, 6) is 0. The van der Waals surface area contributed by atoms with E-state index in [0.29, 0.717) is 0 Å². The monoisotopic (exact) mass is 864 g/mol. The molecule has 314 valence electrons. The zero-order chi connectivity index (χ0) is 44.2. The first-order chi connectivity index (χ1) is 33.7. The van der Waals surface area contributed by atoms with Gasteiger partial charge in [0.05, 0.1) is 21.8 Å². The molecule has 0 aliphatic carbocycles. The van der Waals surface area contributed by atoms with Gasteiger partial charge in [0.15, 0.2) is 0 Å². The molecule has 16 aromatic rings. The molecule has 0 N–H and O–H groups in total. The predicted molar refractivity (Wildman–Crippen MR) is 285 cm³/mol. The standard InChI is InChI=1S/C64H36N2O2/c1-3-17-45-41(13-1)43-15-5-7-19-47(43)53-35-39(27-29-49(45)53)65-57-31-25-37(33-55(57)61-51-21-9-11-23-59(51)67-63(61)65)38-26-32-58-56(34-38)62-52-22-10-12-24-60(52)68-64(62)66(58)40-28-30-50-46-18-4-2-14-42(46)44-16-6-8-20-48(44)54(50)36-40/h1-36H. The molecule has 4 heteroatoms. The van der Waals surface area contributed by atoms with Crippen LogP contribution < -0.4 is 0 Å². The maximum absolute atomic E-state index is 6.84. The molecule has 12 aromatic carbocycles. The number of fused-ring (bicyclic) bond motifs is 22. The van der Waals surface area contributed by atoms with Crippen molar-refractivity contribution in [3.8, 4) is 22.5 Å². The number of nitrogens with zero attached hydrogens (tertiary/aromatic N) is 2. The van der Waals surface area contributed by atoms with Gasteiger partial charge in [0, 0.05) is 32.9 Å². The predicted octanol–water partition coefficient (Wildman–Crippen LogP) is 18.0. The van der Waals surface area contributed by atoms with E-state index in [2.05, 4.69) is 228 Å². The van der Waals surface area contributed by atoms with Crippen LogP contribution in [-0.4, -0.2) is 9.13 Å². The number of furan rings is 2. The van der Waals surface area contributed by atoms with Crippen LogP contribution in [0.15, 0.2) is 227 Å². The van der Waals surface area contributed by atoms with Crippen LogP contribution in [0.3, 0.4) is 0 Å². The fourth-order valence-corrected chi connectivity index (χ4v) is 11.9. The number of aromatic nitrogens is 2. The lowest BCUT2D eigenvalue weighted by Gasteiger charge is -2.13. The highest BCUT2D eigenvalue weighted by atomic mass is 16.3. The van der Waals surface area contributed by atoms with Crippen molar-refractivity contribution in [2.45, 2.75) is 0 Å². The van der Waals surface area contributed by atoms with Crippen molar-refractivity contribution in [2.24, 2.45) is 0 Å². The molecule has 0 aliphatic heterocycles. The van der Waals surface area contributed by atoms with Gasteiger partial charge in [0.1, 0.15) is 11.2 Å². The third-order valence-corrected chi connectivity index (χ3v) is 14.9. The Kier molecular flexibility index (Phi) is 7.04. The minimum Gasteiger partial charge on any atom is -0.439 e. The smallest absolute Gasteiger partial charge is 0.213 e. The van der Waals surface area contributed by atoms with Crippen molar-refractivity contribution in [1.82, 2.24) is 9.13 Å². The van der Waals surface area contributed by atoms with Gasteiger partial charge in [-0.05, 0) is 136 Å². The molecule has 0 saturated heterocycles. The van der Waals surface area contributed by atoms with E-state index in [1.54, 1.807) is 0 Å². The molecule has 68 heavy (non-hydrogen) atoms. The van der Waals surface area contributed by atoms with E-state index in [4.69, 9.17) is 8.83 Å². The van der Waals surface area contributed by atoms with Gasteiger partial charge in [-0.1, -0.05) is 158 Å². The van der Waals surface area contributed by atoms with E-state index in [1.807, 2.05) is 0 Å². The van der Waals surface area contributed by atoms with Gasteiger partial charge in [-0.15, -0.1) is 0 Å². The van der Waals surface area contributed by atoms with Crippen molar-refractivity contribution in [3.63, 3.8) is 0 Å². The highest BCUT2D eigenvalue weighted by Gasteiger charge is 2.24. The number of hydrogen-bond donors (Lipinski definition) is 0. The highest BCUT2D eigenvalue weighted by Crippen LogP contribution is 2.45. The lowest BCUT2D eigenvalue weighted by atomic mass is 9.94. The molecule has 0 aliphatic rings. The van der Waals surface area contributed by atoms with Crippen molar-refractivity contribution < 1.29 is 8.83 Å². The molecule has 0 fully saturated rings. The van der Waals surface area contributed by atoms with Crippen molar-refractivity contribution in [3.05, 3.63) is 218 Å². The number of rotatable bonds is 3. The average molecular weight is 865 g/mol. The number of hydrogen-bond acceptors (Lipinski definition) is 2. The molecule has 0 bridgehead atoms. The second-order valence-corrected chi connectivity index (χ2v) is 18.3. The molecule has 0 atom stereocenters. The summed E-state index contributed by atoms with van der Waals surface area (Å²) in [4.78, 5) is 0. The van der Waals surface area contributed by atoms with Gasteiger partial charge in [0.25, 0.3) is 0 Å². The van der Waals surface area contributed by atoms with E-state index in [0.717, 1.165) is 88.4 Å². The molecule has 4 aromatic heterocycles. The molecule has 0 radical (unpaired) electrons. The van der Waals surface area contributed by atoms with Crippen LogP contribution in [0.4, 0.5) is 0 Å². The van der Waals surface area contributed by atoms with Crippen LogP contribution in [0.25, 0.3) is 153 Å². The first-order valence-electron chi connectivity index (χ1n) is 23.3. The van der Waals surface area contributed by atoms with Crippen molar-refractivity contribution in [1.29, 1.82) is 0 Å². The quantitative estimate of drug-likeness (QED) is 0.166. The maximum atomic E-state index is 6.84. The van der Waals surface area contributed by atoms with Crippen molar-refractivity contribution >= 4 is 131 Å². The van der Waals surface area contributed by atoms with E-state index >= 15 is 0 Å². The van der Waals surface area contributed by atoms with Crippen LogP contribution in [0, 0.1) is 0 Å². The largest absolute Gasteiger partial charge is 0.439 e. The number of benzene rings is 12. The van der Waals surface area contributed by atoms with Gasteiger partial charge in [-0.25, -0.2) is 0 Å². The van der Waals surface area contributed by atoms with Crippen LogP contribution >= 0.6 is 0 Å². The minimum atomic E-state index is 0.845. The molecule has 0 unspecified atom stereocenters. The van der Waals surface area contributed by atoms with Crippen LogP contribution in [0.1, 0.15) is 0 Å². The Morgan fingerprint density at radius 3 is 0.912 bits per heavy atom. The Balaban J connectivity index is 0.921. The normalized spacial score (nSPS) is 12.4. The topological polar surface area (TPSA) is 36.1 Å². The molecule has 4 heterocycles. The summed E-state index contributed by atoms with van der Waals surface area (Å²) in [7, 11) is 0. The molecule has 0 amide bonds. The maximum Gasteiger partial charge on any atom is 0.213 e. The Morgan fingerprint density at radius 2 is 0.544 bits per heavy atom. The zero-order valence-corrected chi connectivity index (χ0v) is 36.5. The summed E-state index contributed by atoms with van der Waals surface area (Å²) < 4.78 is 18.3. The summed E-state index contributed by atoms with van der Waals surface area (Å²) in [6, 6.07) is 79.5. The SMILES string of the molecule is c1ccc2c(c1)oc1c2c2cc(-c3ccc4c(c3)c3c5ccccc5oc3n4-c3ccc4c5ccccc5c5ccccc5c4c3)ccc2n1-c1ccc2c3ccccc3c3ccccc3c2c1. The van der Waals surface area contributed by atoms with E-state index in [1.165, 1.54) is 64.6 Å². The Hall–Kier alpha value is -9.12. The zero-order valence-electron chi connectivity index (χ0n) is 36.5. The van der Waals surface area contributed by atoms with Crippen LogP contribution in [0.2, 0.25) is 0 Å². The average Bonchev–Trinajstić information content (AvgIpc) is 4.15. The van der Waals surface area contributed by atoms with E-state index in [9.17, 15) is 0 Å². The third-order valence-electron chi connectivity index (χ3n) is 14.9. The second-order valence-electron chi connectivity index (χ2n) is 18.3. The number of para-hydroxylation sites is 2. The Morgan fingerprint density at radius 1 is 0.235 bits per heavy atom. The molecule has 0 spiro atoms. The van der Waals surface area contributed by atoms with Gasteiger partial charge in [0.2, 0.25) is 11.4 Å². The van der Waals surface area contributed by atoms with Gasteiger partial charge < -0.3 is 8.83 Å². The molecule has 16 rings (SSSR count). The first kappa shape index (κ1) is 36.1. The molecular formula is C64H36N2O2. The highest BCUT2D eigenvalue weighted by molar-refractivity contribution is 6.28. The summed E-state index contributed by atoms with van der Waals surface area (Å²) in [5, 5.41) is 21.8. The van der Waals surface area contributed by atoms with Crippen LogP contribution in [0.5, 0.6) is 0 Å². The third kappa shape index (κ3) is 4.77. The fourth-order valence-electron chi connectivity index (χ4n) is 11.9. The first-order valence-corrected chi connectivity index (χ1v) is 23.3. The van der Waals surface area contributed by atoms with Crippen molar-refractivity contribution in [2.75, 3.05) is 0 Å². The summed E-state index contributed by atoms with van der Waals surface area (Å²) in [6.07, 6.45) is 0. The lowest BCUT2D eigenvalue weighted by Crippen LogP contribution is -1.94. The fraction of sp³-hybridized carbons (Fsp3) is 0. The summed E-state index contributed by atoms with van der Waals surface area (Å²) >= 11 is 0. The Bertz CT molecular complexity index is 4480. The van der Waals surface area contributed by atoms with Gasteiger partial charge >= 0.3 is 0 Å². The molecule has 4 nitrogen and oxygen atoms in total. The molecular weight excluding hydrogens is 829 g/mol. The van der Waals surface area contributed by atoms with E-state index < -0.39 is 0 Å². The van der Waals surface area contributed by atoms with Crippen LogP contribution in [-0.2, 0) is 0 Å². The molecule has 0 saturated carbocycles. The summed E-state index contributed by atoms with van der Waals surface area (Å²) in [5.41, 5.74) is 10.1. The Labute approximate surface area is 387 Å². The summed E-state index contributed by atoms with van der Waals surface area (Å²) in [6.45, 7) is 0.